The van der Waals surface area contributed by atoms with Crippen molar-refractivity contribution in [3.63, 3.8) is 0 Å². The van der Waals surface area contributed by atoms with Crippen molar-refractivity contribution < 1.29 is 13.9 Å². The van der Waals surface area contributed by atoms with Crippen molar-refractivity contribution in [3.05, 3.63) is 28.3 Å². The number of hydrogen-bond donors (Lipinski definition) is 0. The van der Waals surface area contributed by atoms with Crippen LogP contribution in [0.3, 0.4) is 0 Å². The summed E-state index contributed by atoms with van der Waals surface area (Å²) in [6, 6.07) is 1.98. The molecule has 3 rings (SSSR count). The molecule has 130 valence electrons. The number of aryl methyl sites for hydroxylation is 1. The van der Waals surface area contributed by atoms with Crippen LogP contribution in [0.5, 0.6) is 0 Å². The first-order valence-electron chi connectivity index (χ1n) is 8.51. The van der Waals surface area contributed by atoms with E-state index in [9.17, 15) is 4.79 Å². The van der Waals surface area contributed by atoms with Crippen LogP contribution in [-0.4, -0.2) is 42.1 Å². The second-order valence-corrected chi connectivity index (χ2v) is 7.00. The minimum Gasteiger partial charge on any atom is -0.441 e. The molecule has 1 unspecified atom stereocenters. The third kappa shape index (κ3) is 4.05. The molecular weight excluding hydrogens is 324 g/mol. The van der Waals surface area contributed by atoms with Crippen LogP contribution in [0.4, 0.5) is 0 Å². The van der Waals surface area contributed by atoms with Crippen LogP contribution in [-0.2, 0) is 16.0 Å². The number of likely N-dealkylation sites (tertiary alicyclic amines) is 1. The van der Waals surface area contributed by atoms with E-state index in [-0.39, 0.29) is 5.91 Å². The first-order chi connectivity index (χ1) is 11.7. The van der Waals surface area contributed by atoms with Crippen molar-refractivity contribution in [1.29, 1.82) is 0 Å². The summed E-state index contributed by atoms with van der Waals surface area (Å²) in [5, 5.41) is 3.99. The summed E-state index contributed by atoms with van der Waals surface area (Å²) >= 11 is 1.61. The Morgan fingerprint density at radius 3 is 3.17 bits per heavy atom. The number of carbonyl (C=O) groups excluding carboxylic acids is 1. The van der Waals surface area contributed by atoms with E-state index in [4.69, 9.17) is 9.15 Å². The summed E-state index contributed by atoms with van der Waals surface area (Å²) in [5.41, 5.74) is 1.71. The van der Waals surface area contributed by atoms with Crippen molar-refractivity contribution in [2.45, 2.75) is 33.1 Å². The standard InChI is InChI=1S/C18H24N2O3S/c1-3-22-11-14-5-4-7-20(10-14)17(21)9-16-13(2)23-18(19-16)15-6-8-24-12-15/h6,8,12,14H,3-5,7,9-11H2,1-2H3. The number of thiophene rings is 1. The van der Waals surface area contributed by atoms with Crippen molar-refractivity contribution in [2.75, 3.05) is 26.3 Å². The van der Waals surface area contributed by atoms with Gasteiger partial charge in [-0.1, -0.05) is 0 Å². The zero-order valence-electron chi connectivity index (χ0n) is 14.3. The Bertz CT molecular complexity index is 666. The fourth-order valence-corrected chi connectivity index (χ4v) is 3.70. The van der Waals surface area contributed by atoms with Gasteiger partial charge in [0.1, 0.15) is 5.76 Å². The van der Waals surface area contributed by atoms with Crippen molar-refractivity contribution >= 4 is 17.2 Å². The number of aromatic nitrogens is 1. The number of piperidine rings is 1. The molecule has 0 N–H and O–H groups in total. The van der Waals surface area contributed by atoms with E-state index in [1.807, 2.05) is 35.6 Å². The molecule has 0 bridgehead atoms. The van der Waals surface area contributed by atoms with Gasteiger partial charge in [-0.3, -0.25) is 4.79 Å². The lowest BCUT2D eigenvalue weighted by Crippen LogP contribution is -2.42. The highest BCUT2D eigenvalue weighted by Gasteiger charge is 2.25. The van der Waals surface area contributed by atoms with Gasteiger partial charge in [-0.25, -0.2) is 4.98 Å². The van der Waals surface area contributed by atoms with E-state index in [1.54, 1.807) is 11.3 Å². The molecule has 0 spiro atoms. The average molecular weight is 348 g/mol. The van der Waals surface area contributed by atoms with E-state index in [1.165, 1.54) is 0 Å². The predicted octanol–water partition coefficient (Wildman–Crippen LogP) is 3.53. The van der Waals surface area contributed by atoms with Gasteiger partial charge in [-0.15, -0.1) is 0 Å². The molecule has 0 radical (unpaired) electrons. The van der Waals surface area contributed by atoms with Gasteiger partial charge >= 0.3 is 0 Å². The Labute approximate surface area is 146 Å². The summed E-state index contributed by atoms with van der Waals surface area (Å²) in [7, 11) is 0. The molecule has 0 saturated carbocycles. The highest BCUT2D eigenvalue weighted by Crippen LogP contribution is 2.25. The molecule has 1 amide bonds. The molecule has 0 aromatic carbocycles. The van der Waals surface area contributed by atoms with Gasteiger partial charge in [0.2, 0.25) is 11.8 Å². The van der Waals surface area contributed by atoms with E-state index < -0.39 is 0 Å². The molecule has 1 atom stereocenters. The monoisotopic (exact) mass is 348 g/mol. The molecule has 3 heterocycles. The molecule has 0 aliphatic carbocycles. The second kappa shape index (κ2) is 7.94. The lowest BCUT2D eigenvalue weighted by Gasteiger charge is -2.32. The predicted molar refractivity (Wildman–Crippen MR) is 94.1 cm³/mol. The number of carbonyl (C=O) groups is 1. The van der Waals surface area contributed by atoms with Crippen LogP contribution in [0, 0.1) is 12.8 Å². The second-order valence-electron chi connectivity index (χ2n) is 6.22. The average Bonchev–Trinajstić information content (AvgIpc) is 3.23. The summed E-state index contributed by atoms with van der Waals surface area (Å²) in [4.78, 5) is 19.1. The highest BCUT2D eigenvalue weighted by atomic mass is 32.1. The first-order valence-corrected chi connectivity index (χ1v) is 9.46. The maximum atomic E-state index is 12.6. The van der Waals surface area contributed by atoms with Gasteiger partial charge in [0, 0.05) is 30.6 Å². The number of nitrogens with zero attached hydrogens (tertiary/aromatic N) is 2. The zero-order chi connectivity index (χ0) is 16.9. The van der Waals surface area contributed by atoms with Gasteiger partial charge in [0.15, 0.2) is 0 Å². The lowest BCUT2D eigenvalue weighted by atomic mass is 9.98. The Kier molecular flexibility index (Phi) is 5.68. The molecule has 5 nitrogen and oxygen atoms in total. The summed E-state index contributed by atoms with van der Waals surface area (Å²) in [6.45, 7) is 6.96. The van der Waals surface area contributed by atoms with Gasteiger partial charge in [-0.05, 0) is 44.1 Å². The van der Waals surface area contributed by atoms with Crippen LogP contribution in [0.15, 0.2) is 21.2 Å². The SMILES string of the molecule is CCOCC1CCCN(C(=O)Cc2nc(-c3ccsc3)oc2C)C1. The molecule has 2 aromatic rings. The first kappa shape index (κ1) is 17.2. The number of oxazole rings is 1. The normalized spacial score (nSPS) is 18.1. The minimum absolute atomic E-state index is 0.129. The fraction of sp³-hybridized carbons (Fsp3) is 0.556. The number of hydrogen-bond acceptors (Lipinski definition) is 5. The number of rotatable bonds is 6. The number of ether oxygens (including phenoxy) is 1. The molecule has 2 aromatic heterocycles. The molecule has 1 aliphatic rings. The molecular formula is C18H24N2O3S. The Hall–Kier alpha value is -1.66. The molecule has 1 aliphatic heterocycles. The van der Waals surface area contributed by atoms with Crippen LogP contribution >= 0.6 is 11.3 Å². The van der Waals surface area contributed by atoms with Crippen molar-refractivity contribution in [2.24, 2.45) is 5.92 Å². The van der Waals surface area contributed by atoms with Crippen molar-refractivity contribution in [3.8, 4) is 11.5 Å². The number of amides is 1. The van der Waals surface area contributed by atoms with Crippen molar-refractivity contribution in [1.82, 2.24) is 9.88 Å². The fourth-order valence-electron chi connectivity index (χ4n) is 3.07. The van der Waals surface area contributed by atoms with Crippen LogP contribution in [0.25, 0.3) is 11.5 Å². The quantitative estimate of drug-likeness (QED) is 0.801. The van der Waals surface area contributed by atoms with E-state index in [0.717, 1.165) is 56.2 Å². The summed E-state index contributed by atoms with van der Waals surface area (Å²) < 4.78 is 11.2. The third-order valence-corrected chi connectivity index (χ3v) is 5.09. The van der Waals surface area contributed by atoms with Gasteiger partial charge in [0.05, 0.1) is 18.7 Å². The molecule has 24 heavy (non-hydrogen) atoms. The maximum absolute atomic E-state index is 12.6. The molecule has 1 saturated heterocycles. The topological polar surface area (TPSA) is 55.6 Å². The van der Waals surface area contributed by atoms with Gasteiger partial charge in [0.25, 0.3) is 0 Å². The van der Waals surface area contributed by atoms with Crippen LogP contribution in [0.1, 0.15) is 31.2 Å². The van der Waals surface area contributed by atoms with E-state index in [0.29, 0.717) is 18.2 Å². The Morgan fingerprint density at radius 1 is 1.54 bits per heavy atom. The van der Waals surface area contributed by atoms with Gasteiger partial charge in [-0.2, -0.15) is 11.3 Å². The van der Waals surface area contributed by atoms with E-state index >= 15 is 0 Å². The summed E-state index contributed by atoms with van der Waals surface area (Å²) in [5.74, 6) is 1.91. The van der Waals surface area contributed by atoms with E-state index in [2.05, 4.69) is 4.98 Å². The highest BCUT2D eigenvalue weighted by molar-refractivity contribution is 7.08. The van der Waals surface area contributed by atoms with Crippen LogP contribution < -0.4 is 0 Å². The Morgan fingerprint density at radius 2 is 2.42 bits per heavy atom. The third-order valence-electron chi connectivity index (χ3n) is 4.41. The summed E-state index contributed by atoms with van der Waals surface area (Å²) in [6.07, 6.45) is 2.48. The molecule has 1 fully saturated rings. The zero-order valence-corrected chi connectivity index (χ0v) is 15.1. The lowest BCUT2D eigenvalue weighted by molar-refractivity contribution is -0.132. The maximum Gasteiger partial charge on any atom is 0.228 e. The van der Waals surface area contributed by atoms with Gasteiger partial charge < -0.3 is 14.1 Å². The largest absolute Gasteiger partial charge is 0.441 e. The minimum atomic E-state index is 0.129. The Balaban J connectivity index is 1.62. The smallest absolute Gasteiger partial charge is 0.228 e. The van der Waals surface area contributed by atoms with Crippen LogP contribution in [0.2, 0.25) is 0 Å². The molecule has 6 heteroatoms.